The van der Waals surface area contributed by atoms with E-state index in [0.29, 0.717) is 18.1 Å². The third-order valence-corrected chi connectivity index (χ3v) is 5.23. The second kappa shape index (κ2) is 6.45. The van der Waals surface area contributed by atoms with Gasteiger partial charge in [0.1, 0.15) is 5.54 Å². The van der Waals surface area contributed by atoms with Crippen LogP contribution in [-0.2, 0) is 0 Å². The number of hydrogen-bond acceptors (Lipinski definition) is 3. The van der Waals surface area contributed by atoms with Crippen LogP contribution in [-0.4, -0.2) is 35.6 Å². The van der Waals surface area contributed by atoms with Crippen molar-refractivity contribution in [3.05, 3.63) is 0 Å². The van der Waals surface area contributed by atoms with Crippen LogP contribution in [0.2, 0.25) is 0 Å². The topological polar surface area (TPSA) is 39.1 Å². The first-order chi connectivity index (χ1) is 9.43. The molecule has 0 amide bonds. The van der Waals surface area contributed by atoms with Crippen LogP contribution in [0.15, 0.2) is 0 Å². The lowest BCUT2D eigenvalue weighted by Crippen LogP contribution is -2.49. The van der Waals surface area contributed by atoms with Crippen LogP contribution in [0, 0.1) is 17.2 Å². The fourth-order valence-corrected chi connectivity index (χ4v) is 3.68. The first-order valence-electron chi connectivity index (χ1n) is 8.34. The van der Waals surface area contributed by atoms with Gasteiger partial charge in [0.25, 0.3) is 0 Å². The van der Waals surface area contributed by atoms with Crippen LogP contribution < -0.4 is 5.32 Å². The average molecular weight is 277 g/mol. The van der Waals surface area contributed by atoms with Gasteiger partial charge in [-0.2, -0.15) is 5.26 Å². The standard InChI is InChI=1S/C17H31N3/c1-13-6-5-7-16(10-13)20(4)14(2)11-17(3,12-18)19-15-8-9-15/h13-16,19H,5-11H2,1-4H3. The maximum atomic E-state index is 9.51. The Morgan fingerprint density at radius 2 is 2.05 bits per heavy atom. The quantitative estimate of drug-likeness (QED) is 0.809. The molecule has 3 heteroatoms. The maximum Gasteiger partial charge on any atom is 0.105 e. The predicted octanol–water partition coefficient (Wildman–Crippen LogP) is 3.31. The van der Waals surface area contributed by atoms with Crippen molar-refractivity contribution in [3.63, 3.8) is 0 Å². The third-order valence-electron chi connectivity index (χ3n) is 5.23. The van der Waals surface area contributed by atoms with Crippen molar-refractivity contribution in [2.45, 2.75) is 89.4 Å². The van der Waals surface area contributed by atoms with Gasteiger partial charge in [-0.05, 0) is 58.9 Å². The van der Waals surface area contributed by atoms with Crippen LogP contribution in [0.5, 0.6) is 0 Å². The summed E-state index contributed by atoms with van der Waals surface area (Å²) in [6, 6.07) is 4.26. The Morgan fingerprint density at radius 3 is 2.60 bits per heavy atom. The monoisotopic (exact) mass is 277 g/mol. The van der Waals surface area contributed by atoms with E-state index in [1.54, 1.807) is 0 Å². The van der Waals surface area contributed by atoms with E-state index in [4.69, 9.17) is 0 Å². The molecule has 0 aliphatic heterocycles. The SMILES string of the molecule is CC1CCCC(N(C)C(C)CC(C)(C#N)NC2CC2)C1. The van der Waals surface area contributed by atoms with Crippen molar-refractivity contribution in [1.29, 1.82) is 5.26 Å². The number of nitriles is 1. The molecule has 0 bridgehead atoms. The molecule has 4 atom stereocenters. The molecule has 4 unspecified atom stereocenters. The highest BCUT2D eigenvalue weighted by Gasteiger charge is 2.35. The molecule has 0 spiro atoms. The summed E-state index contributed by atoms with van der Waals surface area (Å²) in [6.07, 6.45) is 8.78. The van der Waals surface area contributed by atoms with Crippen molar-refractivity contribution < 1.29 is 0 Å². The number of nitrogens with zero attached hydrogens (tertiary/aromatic N) is 2. The van der Waals surface area contributed by atoms with Crippen LogP contribution in [0.3, 0.4) is 0 Å². The van der Waals surface area contributed by atoms with Gasteiger partial charge in [-0.15, -0.1) is 0 Å². The predicted molar refractivity (Wildman–Crippen MR) is 83.4 cm³/mol. The summed E-state index contributed by atoms with van der Waals surface area (Å²) < 4.78 is 0. The van der Waals surface area contributed by atoms with E-state index in [1.807, 2.05) is 0 Å². The Bertz CT molecular complexity index is 358. The fraction of sp³-hybridized carbons (Fsp3) is 0.941. The average Bonchev–Trinajstić information content (AvgIpc) is 3.21. The lowest BCUT2D eigenvalue weighted by molar-refractivity contribution is 0.110. The second-order valence-electron chi connectivity index (χ2n) is 7.51. The molecular formula is C17H31N3. The first kappa shape index (κ1) is 15.8. The minimum absolute atomic E-state index is 0.366. The van der Waals surface area contributed by atoms with E-state index in [9.17, 15) is 5.26 Å². The molecule has 114 valence electrons. The molecule has 20 heavy (non-hydrogen) atoms. The van der Waals surface area contributed by atoms with Gasteiger partial charge in [0.2, 0.25) is 0 Å². The Labute approximate surface area is 124 Å². The minimum Gasteiger partial charge on any atom is -0.301 e. The van der Waals surface area contributed by atoms with Gasteiger partial charge in [0.05, 0.1) is 6.07 Å². The summed E-state index contributed by atoms with van der Waals surface area (Å²) in [4.78, 5) is 2.53. The summed E-state index contributed by atoms with van der Waals surface area (Å²) in [5.74, 6) is 0.857. The van der Waals surface area contributed by atoms with E-state index >= 15 is 0 Å². The number of rotatable bonds is 6. The summed E-state index contributed by atoms with van der Waals surface area (Å²) in [6.45, 7) is 6.72. The lowest BCUT2D eigenvalue weighted by atomic mass is 9.85. The summed E-state index contributed by atoms with van der Waals surface area (Å²) in [5, 5.41) is 13.0. The molecule has 2 aliphatic carbocycles. The molecule has 2 saturated carbocycles. The van der Waals surface area contributed by atoms with Gasteiger partial charge in [-0.25, -0.2) is 0 Å². The maximum absolute atomic E-state index is 9.51. The van der Waals surface area contributed by atoms with Crippen molar-refractivity contribution in [2.75, 3.05) is 7.05 Å². The van der Waals surface area contributed by atoms with Crippen LogP contribution >= 0.6 is 0 Å². The van der Waals surface area contributed by atoms with Gasteiger partial charge in [0, 0.05) is 18.1 Å². The Kier molecular flexibility index (Phi) is 5.09. The van der Waals surface area contributed by atoms with Gasteiger partial charge in [-0.1, -0.05) is 19.8 Å². The van der Waals surface area contributed by atoms with Crippen LogP contribution in [0.1, 0.15) is 65.7 Å². The normalized spacial score (nSPS) is 31.6. The zero-order valence-electron chi connectivity index (χ0n) is 13.7. The highest BCUT2D eigenvalue weighted by Crippen LogP contribution is 2.30. The van der Waals surface area contributed by atoms with Gasteiger partial charge >= 0.3 is 0 Å². The summed E-state index contributed by atoms with van der Waals surface area (Å²) in [5.41, 5.74) is -0.366. The van der Waals surface area contributed by atoms with Crippen molar-refractivity contribution in [1.82, 2.24) is 10.2 Å². The fourth-order valence-electron chi connectivity index (χ4n) is 3.68. The van der Waals surface area contributed by atoms with E-state index < -0.39 is 0 Å². The molecule has 2 fully saturated rings. The zero-order chi connectivity index (χ0) is 14.8. The van der Waals surface area contributed by atoms with Crippen molar-refractivity contribution >= 4 is 0 Å². The van der Waals surface area contributed by atoms with Crippen molar-refractivity contribution in [2.24, 2.45) is 5.92 Å². The van der Waals surface area contributed by atoms with Crippen LogP contribution in [0.4, 0.5) is 0 Å². The number of nitrogens with one attached hydrogen (secondary N) is 1. The summed E-state index contributed by atoms with van der Waals surface area (Å²) in [7, 11) is 2.25. The third kappa shape index (κ3) is 4.20. The zero-order valence-corrected chi connectivity index (χ0v) is 13.7. The Hall–Kier alpha value is -0.590. The van der Waals surface area contributed by atoms with E-state index in [-0.39, 0.29) is 5.54 Å². The molecule has 2 rings (SSSR count). The van der Waals surface area contributed by atoms with E-state index in [0.717, 1.165) is 12.3 Å². The molecule has 0 saturated heterocycles. The van der Waals surface area contributed by atoms with E-state index in [2.05, 4.69) is 44.1 Å². The molecule has 3 nitrogen and oxygen atoms in total. The lowest BCUT2D eigenvalue weighted by Gasteiger charge is -2.40. The highest BCUT2D eigenvalue weighted by molar-refractivity contribution is 5.08. The summed E-state index contributed by atoms with van der Waals surface area (Å²) >= 11 is 0. The largest absolute Gasteiger partial charge is 0.301 e. The second-order valence-corrected chi connectivity index (χ2v) is 7.51. The van der Waals surface area contributed by atoms with Gasteiger partial charge in [-0.3, -0.25) is 5.32 Å². The molecule has 0 heterocycles. The molecular weight excluding hydrogens is 246 g/mol. The smallest absolute Gasteiger partial charge is 0.105 e. The highest BCUT2D eigenvalue weighted by atomic mass is 15.2. The Morgan fingerprint density at radius 1 is 1.35 bits per heavy atom. The molecule has 1 N–H and O–H groups in total. The molecule has 0 aromatic rings. The van der Waals surface area contributed by atoms with Gasteiger partial charge in [0.15, 0.2) is 0 Å². The Balaban J connectivity index is 1.88. The number of hydrogen-bond donors (Lipinski definition) is 1. The van der Waals surface area contributed by atoms with E-state index in [1.165, 1.54) is 38.5 Å². The molecule has 0 radical (unpaired) electrons. The molecule has 0 aromatic heterocycles. The minimum atomic E-state index is -0.366. The molecule has 0 aromatic carbocycles. The first-order valence-corrected chi connectivity index (χ1v) is 8.34. The van der Waals surface area contributed by atoms with Crippen molar-refractivity contribution in [3.8, 4) is 6.07 Å². The van der Waals surface area contributed by atoms with Crippen LogP contribution in [0.25, 0.3) is 0 Å². The van der Waals surface area contributed by atoms with Gasteiger partial charge < -0.3 is 4.90 Å². The molecule has 2 aliphatic rings.